The monoisotopic (exact) mass is 314 g/mol. The molecule has 0 saturated carbocycles. The fraction of sp³-hybridized carbons (Fsp3) is 0.562. The van der Waals surface area contributed by atoms with Crippen LogP contribution < -0.4 is 10.6 Å². The van der Waals surface area contributed by atoms with Gasteiger partial charge < -0.3 is 15.4 Å². The maximum atomic E-state index is 14.0. The normalized spacial score (nSPS) is 23.4. The third kappa shape index (κ3) is 5.60. The van der Waals surface area contributed by atoms with E-state index < -0.39 is 23.3 Å². The molecule has 0 bridgehead atoms. The highest BCUT2D eigenvalue weighted by Crippen LogP contribution is 2.26. The Kier molecular flexibility index (Phi) is 6.29. The second-order valence-corrected chi connectivity index (χ2v) is 6.21. The van der Waals surface area contributed by atoms with Crippen LogP contribution in [0.1, 0.15) is 27.7 Å². The van der Waals surface area contributed by atoms with Gasteiger partial charge in [-0.05, 0) is 33.3 Å². The summed E-state index contributed by atoms with van der Waals surface area (Å²) in [4.78, 5) is 11.8. The van der Waals surface area contributed by atoms with Gasteiger partial charge in [0.15, 0.2) is 0 Å². The molecule has 0 spiro atoms. The van der Waals surface area contributed by atoms with Gasteiger partial charge in [-0.25, -0.2) is 13.6 Å². The second-order valence-electron chi connectivity index (χ2n) is 6.21. The summed E-state index contributed by atoms with van der Waals surface area (Å²) in [5.41, 5.74) is -0.453. The van der Waals surface area contributed by atoms with Crippen LogP contribution in [0.15, 0.2) is 36.0 Å². The molecule has 1 aliphatic rings. The van der Waals surface area contributed by atoms with E-state index in [4.69, 9.17) is 4.74 Å². The molecule has 6 heteroatoms. The Balaban J connectivity index is 2.72. The Bertz CT molecular complexity index is 493. The highest BCUT2D eigenvalue weighted by atomic mass is 19.1. The molecule has 0 aromatic heterocycles. The van der Waals surface area contributed by atoms with Crippen LogP contribution in [0.4, 0.5) is 13.6 Å². The van der Waals surface area contributed by atoms with Gasteiger partial charge in [-0.15, -0.1) is 0 Å². The molecule has 0 aromatic carbocycles. The Labute approximate surface area is 130 Å². The van der Waals surface area contributed by atoms with Crippen molar-refractivity contribution in [1.29, 1.82) is 0 Å². The number of hydrogen-bond donors (Lipinski definition) is 2. The van der Waals surface area contributed by atoms with Crippen LogP contribution in [0.5, 0.6) is 0 Å². The van der Waals surface area contributed by atoms with E-state index in [1.165, 1.54) is 6.92 Å². The molecule has 1 heterocycles. The lowest BCUT2D eigenvalue weighted by molar-refractivity contribution is 0.0501. The number of halogens is 2. The van der Waals surface area contributed by atoms with Crippen LogP contribution >= 0.6 is 0 Å². The quantitative estimate of drug-likeness (QED) is 0.782. The summed E-state index contributed by atoms with van der Waals surface area (Å²) in [5.74, 6) is -1.74. The van der Waals surface area contributed by atoms with E-state index in [1.807, 2.05) is 0 Å². The lowest BCUT2D eigenvalue weighted by Crippen LogP contribution is -2.43. The first-order chi connectivity index (χ1) is 10.1. The van der Waals surface area contributed by atoms with Crippen molar-refractivity contribution in [2.45, 2.75) is 39.3 Å². The molecular weight excluding hydrogens is 290 g/mol. The van der Waals surface area contributed by atoms with Crippen LogP contribution in [-0.2, 0) is 4.74 Å². The second kappa shape index (κ2) is 7.54. The standard InChI is InChI=1S/C16H24F2N2O2/c1-6-11(17)7-13(18)10(2)12-8-19-9-14(12)20-15(21)22-16(3,4)5/h6-7,12,14,19H,2,8-9H2,1,3-5H3,(H,20,21)/b11-6+,13-7+/t12-,14+/m0/s1. The average molecular weight is 314 g/mol. The van der Waals surface area contributed by atoms with Crippen LogP contribution in [0.2, 0.25) is 0 Å². The molecule has 1 amide bonds. The molecule has 1 aliphatic heterocycles. The fourth-order valence-corrected chi connectivity index (χ4v) is 2.13. The summed E-state index contributed by atoms with van der Waals surface area (Å²) in [5, 5.41) is 5.76. The SMILES string of the molecule is C=C(/C(F)=C\C(F)=C/C)[C@@H]1CNC[C@H]1NC(=O)OC(C)(C)C. The zero-order valence-corrected chi connectivity index (χ0v) is 13.5. The topological polar surface area (TPSA) is 50.4 Å². The maximum absolute atomic E-state index is 14.0. The zero-order chi connectivity index (χ0) is 16.9. The van der Waals surface area contributed by atoms with E-state index in [0.29, 0.717) is 13.1 Å². The first kappa shape index (κ1) is 18.4. The molecule has 2 N–H and O–H groups in total. The Hall–Kier alpha value is -1.69. The zero-order valence-electron chi connectivity index (χ0n) is 13.5. The maximum Gasteiger partial charge on any atom is 0.407 e. The molecule has 4 nitrogen and oxygen atoms in total. The van der Waals surface area contributed by atoms with Crippen molar-refractivity contribution in [2.24, 2.45) is 5.92 Å². The Morgan fingerprint density at radius 3 is 2.55 bits per heavy atom. The summed E-state index contributed by atoms with van der Waals surface area (Å²) < 4.78 is 32.3. The number of amides is 1. The van der Waals surface area contributed by atoms with Gasteiger partial charge in [-0.2, -0.15) is 0 Å². The molecule has 0 unspecified atom stereocenters. The van der Waals surface area contributed by atoms with Gasteiger partial charge in [0.1, 0.15) is 17.3 Å². The fourth-order valence-electron chi connectivity index (χ4n) is 2.13. The van der Waals surface area contributed by atoms with E-state index in [1.54, 1.807) is 20.8 Å². The van der Waals surface area contributed by atoms with Crippen LogP contribution in [-0.4, -0.2) is 30.8 Å². The third-order valence-corrected chi connectivity index (χ3v) is 3.21. The van der Waals surface area contributed by atoms with Crippen molar-refractivity contribution >= 4 is 6.09 Å². The van der Waals surface area contributed by atoms with Crippen LogP contribution in [0.3, 0.4) is 0 Å². The van der Waals surface area contributed by atoms with Crippen molar-refractivity contribution in [3.63, 3.8) is 0 Å². The molecule has 22 heavy (non-hydrogen) atoms. The number of carbonyl (C=O) groups excluding carboxylic acids is 1. The first-order valence-electron chi connectivity index (χ1n) is 7.22. The number of carbonyl (C=O) groups is 1. The summed E-state index contributed by atoms with van der Waals surface area (Å²) in [7, 11) is 0. The Morgan fingerprint density at radius 1 is 1.36 bits per heavy atom. The molecular formula is C16H24F2N2O2. The minimum atomic E-state index is -0.722. The molecule has 0 aliphatic carbocycles. The molecule has 124 valence electrons. The van der Waals surface area contributed by atoms with E-state index in [0.717, 1.165) is 12.2 Å². The van der Waals surface area contributed by atoms with E-state index in [9.17, 15) is 13.6 Å². The third-order valence-electron chi connectivity index (χ3n) is 3.21. The van der Waals surface area contributed by atoms with Crippen molar-refractivity contribution < 1.29 is 18.3 Å². The number of rotatable bonds is 4. The van der Waals surface area contributed by atoms with Gasteiger partial charge in [0.05, 0.1) is 6.04 Å². The summed E-state index contributed by atoms with van der Waals surface area (Å²) in [6.07, 6.45) is 1.39. The number of ether oxygens (including phenoxy) is 1. The lowest BCUT2D eigenvalue weighted by atomic mass is 9.94. The largest absolute Gasteiger partial charge is 0.444 e. The van der Waals surface area contributed by atoms with Gasteiger partial charge in [-0.1, -0.05) is 12.7 Å². The van der Waals surface area contributed by atoms with Crippen molar-refractivity contribution in [3.05, 3.63) is 36.0 Å². The minimum absolute atomic E-state index is 0.156. The van der Waals surface area contributed by atoms with Gasteiger partial charge in [0.2, 0.25) is 0 Å². The number of alkyl carbamates (subject to hydrolysis) is 1. The predicted octanol–water partition coefficient (Wildman–Crippen LogP) is 3.38. The van der Waals surface area contributed by atoms with Gasteiger partial charge in [0, 0.05) is 25.1 Å². The summed E-state index contributed by atoms with van der Waals surface area (Å²) >= 11 is 0. The number of hydrogen-bond acceptors (Lipinski definition) is 3. The molecule has 1 saturated heterocycles. The van der Waals surface area contributed by atoms with E-state index in [-0.39, 0.29) is 17.5 Å². The summed E-state index contributed by atoms with van der Waals surface area (Å²) in [6, 6.07) is -0.352. The van der Waals surface area contributed by atoms with Crippen molar-refractivity contribution in [1.82, 2.24) is 10.6 Å². The smallest absolute Gasteiger partial charge is 0.407 e. The van der Waals surface area contributed by atoms with E-state index in [2.05, 4.69) is 17.2 Å². The highest BCUT2D eigenvalue weighted by molar-refractivity contribution is 5.68. The Morgan fingerprint density at radius 2 is 2.00 bits per heavy atom. The lowest BCUT2D eigenvalue weighted by Gasteiger charge is -2.24. The average Bonchev–Trinajstić information content (AvgIpc) is 2.83. The number of allylic oxidation sites excluding steroid dienone is 4. The van der Waals surface area contributed by atoms with Crippen molar-refractivity contribution in [2.75, 3.05) is 13.1 Å². The molecule has 2 atom stereocenters. The van der Waals surface area contributed by atoms with Crippen LogP contribution in [0.25, 0.3) is 0 Å². The highest BCUT2D eigenvalue weighted by Gasteiger charge is 2.33. The molecule has 1 fully saturated rings. The predicted molar refractivity (Wildman–Crippen MR) is 82.7 cm³/mol. The molecule has 0 aromatic rings. The van der Waals surface area contributed by atoms with E-state index >= 15 is 0 Å². The van der Waals surface area contributed by atoms with Gasteiger partial charge in [0.25, 0.3) is 0 Å². The molecule has 1 rings (SSSR count). The van der Waals surface area contributed by atoms with Gasteiger partial charge in [-0.3, -0.25) is 0 Å². The van der Waals surface area contributed by atoms with Gasteiger partial charge >= 0.3 is 6.09 Å². The first-order valence-corrected chi connectivity index (χ1v) is 7.22. The number of nitrogens with one attached hydrogen (secondary N) is 2. The van der Waals surface area contributed by atoms with Crippen LogP contribution in [0, 0.1) is 5.92 Å². The summed E-state index contributed by atoms with van der Waals surface area (Å²) in [6.45, 7) is 11.4. The molecule has 0 radical (unpaired) electrons. The van der Waals surface area contributed by atoms with Crippen molar-refractivity contribution in [3.8, 4) is 0 Å². The minimum Gasteiger partial charge on any atom is -0.444 e.